The summed E-state index contributed by atoms with van der Waals surface area (Å²) in [4.78, 5) is 42.9. The molecule has 1 atom stereocenters. The van der Waals surface area contributed by atoms with Crippen LogP contribution in [-0.2, 0) is 14.3 Å². The van der Waals surface area contributed by atoms with E-state index in [0.717, 1.165) is 0 Å². The number of benzene rings is 2. The lowest BCUT2D eigenvalue weighted by molar-refractivity contribution is -0.146. The molecule has 1 N–H and O–H groups in total. The Balaban J connectivity index is 1.58. The zero-order valence-electron chi connectivity index (χ0n) is 19.8. The van der Waals surface area contributed by atoms with E-state index in [1.807, 2.05) is 24.8 Å². The van der Waals surface area contributed by atoms with Crippen molar-refractivity contribution in [3.05, 3.63) is 60.2 Å². The van der Waals surface area contributed by atoms with E-state index < -0.39 is 11.8 Å². The first-order valence-electron chi connectivity index (χ1n) is 11.6. The van der Waals surface area contributed by atoms with Crippen LogP contribution in [0.4, 0.5) is 5.69 Å². The third-order valence-electron chi connectivity index (χ3n) is 6.51. The summed E-state index contributed by atoms with van der Waals surface area (Å²) in [7, 11) is 1.58. The molecule has 1 spiro atoms. The number of carbonyl (C=O) groups is 3. The third kappa shape index (κ3) is 4.63. The van der Waals surface area contributed by atoms with Gasteiger partial charge in [-0.05, 0) is 36.4 Å². The van der Waals surface area contributed by atoms with Gasteiger partial charge in [0.15, 0.2) is 0 Å². The summed E-state index contributed by atoms with van der Waals surface area (Å²) in [6, 6.07) is 15.2. The Labute approximate surface area is 199 Å². The van der Waals surface area contributed by atoms with Gasteiger partial charge in [0.1, 0.15) is 17.5 Å². The third-order valence-corrected chi connectivity index (χ3v) is 6.51. The second-order valence-electron chi connectivity index (χ2n) is 9.01. The normalized spacial score (nSPS) is 19.4. The van der Waals surface area contributed by atoms with Gasteiger partial charge in [0.2, 0.25) is 11.8 Å². The Morgan fingerprint density at radius 3 is 2.26 bits per heavy atom. The number of rotatable bonds is 5. The number of amides is 3. The smallest absolute Gasteiger partial charge is 0.256 e. The maximum absolute atomic E-state index is 13.7. The van der Waals surface area contributed by atoms with Gasteiger partial charge in [0.25, 0.3) is 5.91 Å². The van der Waals surface area contributed by atoms with E-state index in [4.69, 9.17) is 9.47 Å². The van der Waals surface area contributed by atoms with Crippen LogP contribution < -0.4 is 10.1 Å². The summed E-state index contributed by atoms with van der Waals surface area (Å²) in [5, 5.41) is 2.90. The molecular weight excluding hydrogens is 434 g/mol. The van der Waals surface area contributed by atoms with Crippen LogP contribution in [0.15, 0.2) is 54.6 Å². The minimum absolute atomic E-state index is 0.0857. The van der Waals surface area contributed by atoms with E-state index in [0.29, 0.717) is 42.9 Å². The maximum Gasteiger partial charge on any atom is 0.256 e. The second kappa shape index (κ2) is 9.85. The summed E-state index contributed by atoms with van der Waals surface area (Å²) >= 11 is 0. The zero-order valence-corrected chi connectivity index (χ0v) is 19.8. The molecule has 0 bridgehead atoms. The van der Waals surface area contributed by atoms with Crippen molar-refractivity contribution in [2.24, 2.45) is 5.92 Å². The van der Waals surface area contributed by atoms with Crippen molar-refractivity contribution in [2.75, 3.05) is 32.1 Å². The van der Waals surface area contributed by atoms with Crippen LogP contribution in [0.5, 0.6) is 5.75 Å². The predicted molar refractivity (Wildman–Crippen MR) is 127 cm³/mol. The van der Waals surface area contributed by atoms with Crippen LogP contribution in [0.3, 0.4) is 0 Å². The first-order valence-corrected chi connectivity index (χ1v) is 11.6. The van der Waals surface area contributed by atoms with Crippen molar-refractivity contribution >= 4 is 23.4 Å². The number of carbonyl (C=O) groups excluding carboxylic acids is 3. The standard InChI is InChI=1S/C26H31N3O5/c1-18(2)24(31)28-15-13-26(14-16-28)29(25(32)19-7-5-4-6-8-19)22(17-34-26)23(30)27-20-9-11-21(33-3)12-10-20/h4-12,18,22H,13-17H2,1-3H3,(H,27,30). The topological polar surface area (TPSA) is 88.2 Å². The maximum atomic E-state index is 13.7. The molecule has 2 heterocycles. The highest BCUT2D eigenvalue weighted by molar-refractivity contribution is 6.02. The van der Waals surface area contributed by atoms with E-state index in [1.54, 1.807) is 60.5 Å². The summed E-state index contributed by atoms with van der Waals surface area (Å²) < 4.78 is 11.4. The van der Waals surface area contributed by atoms with Crippen molar-refractivity contribution in [2.45, 2.75) is 38.5 Å². The van der Waals surface area contributed by atoms with Gasteiger partial charge >= 0.3 is 0 Å². The molecule has 1 unspecified atom stereocenters. The number of likely N-dealkylation sites (tertiary alicyclic amines) is 1. The van der Waals surface area contributed by atoms with E-state index in [2.05, 4.69) is 5.32 Å². The first kappa shape index (κ1) is 23.8. The van der Waals surface area contributed by atoms with Gasteiger partial charge in [0, 0.05) is 43.1 Å². The van der Waals surface area contributed by atoms with Gasteiger partial charge in [-0.1, -0.05) is 32.0 Å². The van der Waals surface area contributed by atoms with E-state index in [-0.39, 0.29) is 30.2 Å². The molecule has 2 aliphatic rings. The van der Waals surface area contributed by atoms with Crippen LogP contribution in [0.2, 0.25) is 0 Å². The Hall–Kier alpha value is -3.39. The van der Waals surface area contributed by atoms with Crippen molar-refractivity contribution in [1.82, 2.24) is 9.80 Å². The molecule has 0 aromatic heterocycles. The minimum atomic E-state index is -0.928. The lowest BCUT2D eigenvalue weighted by atomic mass is 9.95. The summed E-state index contributed by atoms with van der Waals surface area (Å²) in [6.45, 7) is 4.80. The number of nitrogens with one attached hydrogen (secondary N) is 1. The fraction of sp³-hybridized carbons (Fsp3) is 0.423. The van der Waals surface area contributed by atoms with Crippen molar-refractivity contribution < 1.29 is 23.9 Å². The Kier molecular flexibility index (Phi) is 6.88. The minimum Gasteiger partial charge on any atom is -0.497 e. The highest BCUT2D eigenvalue weighted by atomic mass is 16.5. The molecule has 3 amide bonds. The first-order chi connectivity index (χ1) is 16.3. The molecule has 4 rings (SSSR count). The zero-order chi connectivity index (χ0) is 24.3. The molecular formula is C26H31N3O5. The quantitative estimate of drug-likeness (QED) is 0.733. The predicted octanol–water partition coefficient (Wildman–Crippen LogP) is 3.15. The number of hydrogen-bond donors (Lipinski definition) is 1. The molecule has 2 fully saturated rings. The van der Waals surface area contributed by atoms with E-state index >= 15 is 0 Å². The van der Waals surface area contributed by atoms with Crippen LogP contribution in [0.1, 0.15) is 37.0 Å². The second-order valence-corrected chi connectivity index (χ2v) is 9.01. The van der Waals surface area contributed by atoms with Crippen molar-refractivity contribution in [3.63, 3.8) is 0 Å². The highest BCUT2D eigenvalue weighted by Crippen LogP contribution is 2.39. The van der Waals surface area contributed by atoms with Gasteiger partial charge in [-0.25, -0.2) is 0 Å². The summed E-state index contributed by atoms with van der Waals surface area (Å²) in [5.74, 6) is 0.111. The molecule has 8 heteroatoms. The molecule has 0 saturated carbocycles. The number of methoxy groups -OCH3 is 1. The Morgan fingerprint density at radius 2 is 1.68 bits per heavy atom. The van der Waals surface area contributed by atoms with Crippen LogP contribution in [0, 0.1) is 5.92 Å². The summed E-state index contributed by atoms with van der Waals surface area (Å²) in [5.41, 5.74) is 0.175. The van der Waals surface area contributed by atoms with Crippen molar-refractivity contribution in [3.8, 4) is 5.75 Å². The molecule has 34 heavy (non-hydrogen) atoms. The summed E-state index contributed by atoms with van der Waals surface area (Å²) in [6.07, 6.45) is 0.909. The lowest BCUT2D eigenvalue weighted by Crippen LogP contribution is -2.59. The Bertz CT molecular complexity index is 1030. The molecule has 0 radical (unpaired) electrons. The molecule has 2 aromatic carbocycles. The molecule has 0 aliphatic carbocycles. The Morgan fingerprint density at radius 1 is 1.03 bits per heavy atom. The number of nitrogens with zero attached hydrogens (tertiary/aromatic N) is 2. The SMILES string of the molecule is COc1ccc(NC(=O)C2COC3(CCN(C(=O)C(C)C)CC3)N2C(=O)c2ccccc2)cc1. The molecule has 8 nitrogen and oxygen atoms in total. The number of ether oxygens (including phenoxy) is 2. The number of piperidine rings is 1. The van der Waals surface area contributed by atoms with Crippen LogP contribution >= 0.6 is 0 Å². The van der Waals surface area contributed by atoms with Gasteiger partial charge in [-0.3, -0.25) is 19.3 Å². The highest BCUT2D eigenvalue weighted by Gasteiger charge is 2.54. The van der Waals surface area contributed by atoms with Gasteiger partial charge < -0.3 is 19.7 Å². The number of anilines is 1. The average Bonchev–Trinajstić information content (AvgIpc) is 3.23. The van der Waals surface area contributed by atoms with E-state index in [1.165, 1.54) is 0 Å². The lowest BCUT2D eigenvalue weighted by Gasteiger charge is -2.44. The van der Waals surface area contributed by atoms with Gasteiger partial charge in [0.05, 0.1) is 13.7 Å². The van der Waals surface area contributed by atoms with Gasteiger partial charge in [-0.2, -0.15) is 0 Å². The van der Waals surface area contributed by atoms with Crippen LogP contribution in [-0.4, -0.2) is 66.1 Å². The molecule has 180 valence electrons. The monoisotopic (exact) mass is 465 g/mol. The van der Waals surface area contributed by atoms with Crippen LogP contribution in [0.25, 0.3) is 0 Å². The molecule has 2 saturated heterocycles. The fourth-order valence-electron chi connectivity index (χ4n) is 4.63. The molecule has 2 aliphatic heterocycles. The molecule has 2 aromatic rings. The average molecular weight is 466 g/mol. The van der Waals surface area contributed by atoms with Crippen molar-refractivity contribution in [1.29, 1.82) is 0 Å². The largest absolute Gasteiger partial charge is 0.497 e. The van der Waals surface area contributed by atoms with E-state index in [9.17, 15) is 14.4 Å². The number of hydrogen-bond acceptors (Lipinski definition) is 5. The fourth-order valence-corrected chi connectivity index (χ4v) is 4.63. The van der Waals surface area contributed by atoms with Gasteiger partial charge in [-0.15, -0.1) is 0 Å².